The van der Waals surface area contributed by atoms with Crippen molar-refractivity contribution >= 4 is 44.8 Å². The van der Waals surface area contributed by atoms with E-state index in [0.717, 1.165) is 45.7 Å². The highest BCUT2D eigenvalue weighted by atomic mass is 32.1. The van der Waals surface area contributed by atoms with E-state index in [-0.39, 0.29) is 0 Å². The number of thiocarbonyl (C=S) groups is 1. The van der Waals surface area contributed by atoms with Gasteiger partial charge in [-0.3, -0.25) is 9.97 Å². The number of aromatic nitrogens is 2. The Morgan fingerprint density at radius 1 is 1.05 bits per heavy atom. The van der Waals surface area contributed by atoms with Gasteiger partial charge < -0.3 is 10.2 Å². The first-order valence-electron chi connectivity index (χ1n) is 7.51. The van der Waals surface area contributed by atoms with Gasteiger partial charge in [-0.05, 0) is 49.3 Å². The molecule has 3 aromatic rings. The molecule has 1 saturated heterocycles. The summed E-state index contributed by atoms with van der Waals surface area (Å²) >= 11 is 5.56. The van der Waals surface area contributed by atoms with Crippen molar-refractivity contribution in [1.29, 1.82) is 0 Å². The molecule has 3 heterocycles. The predicted octanol–water partition coefficient (Wildman–Crippen LogP) is 3.58. The molecule has 1 aliphatic rings. The van der Waals surface area contributed by atoms with Crippen LogP contribution in [0.15, 0.2) is 42.7 Å². The molecule has 0 bridgehead atoms. The van der Waals surface area contributed by atoms with Gasteiger partial charge in [-0.2, -0.15) is 0 Å². The third kappa shape index (κ3) is 2.27. The van der Waals surface area contributed by atoms with Gasteiger partial charge in [-0.15, -0.1) is 0 Å². The van der Waals surface area contributed by atoms with Gasteiger partial charge in [-0.1, -0.05) is 6.07 Å². The van der Waals surface area contributed by atoms with Crippen LogP contribution < -0.4 is 5.32 Å². The Hall–Kier alpha value is -2.27. The van der Waals surface area contributed by atoms with Crippen LogP contribution in [-0.2, 0) is 0 Å². The van der Waals surface area contributed by atoms with Gasteiger partial charge in [0.2, 0.25) is 0 Å². The summed E-state index contributed by atoms with van der Waals surface area (Å²) in [6, 6.07) is 10.1. The molecule has 110 valence electrons. The van der Waals surface area contributed by atoms with E-state index < -0.39 is 0 Å². The van der Waals surface area contributed by atoms with Crippen LogP contribution in [0.3, 0.4) is 0 Å². The number of hydrogen-bond donors (Lipinski definition) is 1. The summed E-state index contributed by atoms with van der Waals surface area (Å²) in [6.45, 7) is 2.08. The van der Waals surface area contributed by atoms with E-state index in [9.17, 15) is 0 Å². The zero-order valence-electron chi connectivity index (χ0n) is 12.1. The first-order chi connectivity index (χ1) is 10.8. The number of benzene rings is 1. The molecule has 22 heavy (non-hydrogen) atoms. The van der Waals surface area contributed by atoms with Crippen molar-refractivity contribution in [3.05, 3.63) is 42.7 Å². The molecule has 0 aliphatic carbocycles. The fourth-order valence-corrected chi connectivity index (χ4v) is 3.29. The van der Waals surface area contributed by atoms with Crippen LogP contribution in [0.25, 0.3) is 21.8 Å². The summed E-state index contributed by atoms with van der Waals surface area (Å²) in [5.41, 5.74) is 2.84. The standard InChI is InChI=1S/C17H16N4S/c22-17(21-9-1-2-10-21)20-14-11-12-5-3-7-18-15(12)16-13(14)6-4-8-19-16/h3-8,11H,1-2,9-10H2,(H,20,22). The largest absolute Gasteiger partial charge is 0.349 e. The third-order valence-electron chi connectivity index (χ3n) is 4.10. The lowest BCUT2D eigenvalue weighted by molar-refractivity contribution is 0.528. The van der Waals surface area contributed by atoms with Gasteiger partial charge >= 0.3 is 0 Å². The zero-order chi connectivity index (χ0) is 14.9. The molecule has 0 unspecified atom stereocenters. The minimum absolute atomic E-state index is 0.797. The molecular formula is C17H16N4S. The Bertz CT molecular complexity index is 856. The average molecular weight is 308 g/mol. The summed E-state index contributed by atoms with van der Waals surface area (Å²) in [6.07, 6.45) is 6.04. The number of pyridine rings is 2. The molecule has 1 aromatic carbocycles. The minimum atomic E-state index is 0.797. The van der Waals surface area contributed by atoms with Gasteiger partial charge in [0, 0.05) is 36.3 Å². The predicted molar refractivity (Wildman–Crippen MR) is 94.1 cm³/mol. The van der Waals surface area contributed by atoms with Crippen LogP contribution in [0.5, 0.6) is 0 Å². The smallest absolute Gasteiger partial charge is 0.173 e. The van der Waals surface area contributed by atoms with Crippen LogP contribution in [0.1, 0.15) is 12.8 Å². The average Bonchev–Trinajstić information content (AvgIpc) is 3.10. The molecule has 0 atom stereocenters. The van der Waals surface area contributed by atoms with Crippen molar-refractivity contribution < 1.29 is 0 Å². The monoisotopic (exact) mass is 308 g/mol. The van der Waals surface area contributed by atoms with Crippen molar-refractivity contribution in [2.45, 2.75) is 12.8 Å². The van der Waals surface area contributed by atoms with Gasteiger partial charge in [0.25, 0.3) is 0 Å². The summed E-state index contributed by atoms with van der Waals surface area (Å²) < 4.78 is 0. The summed E-state index contributed by atoms with van der Waals surface area (Å²) in [7, 11) is 0. The molecule has 0 radical (unpaired) electrons. The van der Waals surface area contributed by atoms with E-state index in [0.29, 0.717) is 0 Å². The number of anilines is 1. The Morgan fingerprint density at radius 3 is 2.59 bits per heavy atom. The van der Waals surface area contributed by atoms with E-state index in [2.05, 4.69) is 38.4 Å². The highest BCUT2D eigenvalue weighted by molar-refractivity contribution is 7.80. The third-order valence-corrected chi connectivity index (χ3v) is 4.46. The quantitative estimate of drug-likeness (QED) is 0.550. The molecule has 0 amide bonds. The molecule has 4 nitrogen and oxygen atoms in total. The van der Waals surface area contributed by atoms with Crippen LogP contribution in [0, 0.1) is 0 Å². The fraction of sp³-hybridized carbons (Fsp3) is 0.235. The van der Waals surface area contributed by atoms with E-state index in [1.165, 1.54) is 12.8 Å². The van der Waals surface area contributed by atoms with Crippen molar-refractivity contribution in [2.24, 2.45) is 0 Å². The molecule has 1 aliphatic heterocycles. The molecular weight excluding hydrogens is 292 g/mol. The molecule has 1 N–H and O–H groups in total. The number of rotatable bonds is 1. The fourth-order valence-electron chi connectivity index (χ4n) is 2.99. The normalized spacial score (nSPS) is 14.6. The number of fused-ring (bicyclic) bond motifs is 3. The number of likely N-dealkylation sites (tertiary alicyclic amines) is 1. The van der Waals surface area contributed by atoms with Crippen LogP contribution >= 0.6 is 12.2 Å². The van der Waals surface area contributed by atoms with Crippen molar-refractivity contribution in [2.75, 3.05) is 18.4 Å². The molecule has 5 heteroatoms. The van der Waals surface area contributed by atoms with Crippen LogP contribution in [0.2, 0.25) is 0 Å². The maximum Gasteiger partial charge on any atom is 0.173 e. The van der Waals surface area contributed by atoms with Crippen molar-refractivity contribution in [3.63, 3.8) is 0 Å². The first-order valence-corrected chi connectivity index (χ1v) is 7.92. The second kappa shape index (κ2) is 5.50. The lowest BCUT2D eigenvalue weighted by Gasteiger charge is -2.20. The summed E-state index contributed by atoms with van der Waals surface area (Å²) in [5, 5.41) is 6.33. The molecule has 1 fully saturated rings. The molecule has 2 aromatic heterocycles. The Balaban J connectivity index is 1.83. The second-order valence-corrected chi connectivity index (χ2v) is 5.91. The summed E-state index contributed by atoms with van der Waals surface area (Å²) in [5.74, 6) is 0. The molecule has 4 rings (SSSR count). The highest BCUT2D eigenvalue weighted by Crippen LogP contribution is 2.29. The maximum atomic E-state index is 5.56. The second-order valence-electron chi connectivity index (χ2n) is 5.52. The van der Waals surface area contributed by atoms with Crippen molar-refractivity contribution in [1.82, 2.24) is 14.9 Å². The summed E-state index contributed by atoms with van der Waals surface area (Å²) in [4.78, 5) is 11.2. The highest BCUT2D eigenvalue weighted by Gasteiger charge is 2.16. The zero-order valence-corrected chi connectivity index (χ0v) is 12.9. The number of nitrogens with zero attached hydrogens (tertiary/aromatic N) is 3. The lowest BCUT2D eigenvalue weighted by atomic mass is 10.1. The van der Waals surface area contributed by atoms with Crippen LogP contribution in [-0.4, -0.2) is 33.1 Å². The maximum absolute atomic E-state index is 5.56. The Morgan fingerprint density at radius 2 is 1.77 bits per heavy atom. The van der Waals surface area contributed by atoms with E-state index >= 15 is 0 Å². The Labute approximate surface area is 134 Å². The Kier molecular flexibility index (Phi) is 3.35. The SMILES string of the molecule is S=C(Nc1cc2cccnc2c2ncccc12)N1CCCC1. The number of nitrogens with one attached hydrogen (secondary N) is 1. The van der Waals surface area contributed by atoms with Gasteiger partial charge in [0.15, 0.2) is 5.11 Å². The van der Waals surface area contributed by atoms with Gasteiger partial charge in [-0.25, -0.2) is 0 Å². The number of hydrogen-bond acceptors (Lipinski definition) is 3. The minimum Gasteiger partial charge on any atom is -0.349 e. The van der Waals surface area contributed by atoms with E-state index in [1.807, 2.05) is 12.1 Å². The van der Waals surface area contributed by atoms with E-state index in [4.69, 9.17) is 12.2 Å². The van der Waals surface area contributed by atoms with E-state index in [1.54, 1.807) is 12.4 Å². The van der Waals surface area contributed by atoms with Gasteiger partial charge in [0.1, 0.15) is 0 Å². The molecule has 0 saturated carbocycles. The van der Waals surface area contributed by atoms with Crippen molar-refractivity contribution in [3.8, 4) is 0 Å². The topological polar surface area (TPSA) is 41.1 Å². The van der Waals surface area contributed by atoms with Crippen LogP contribution in [0.4, 0.5) is 5.69 Å². The lowest BCUT2D eigenvalue weighted by Crippen LogP contribution is -2.31. The van der Waals surface area contributed by atoms with Gasteiger partial charge in [0.05, 0.1) is 16.7 Å². The first kappa shape index (κ1) is 13.4. The molecule has 0 spiro atoms.